The highest BCUT2D eigenvalue weighted by Gasteiger charge is 2.20. The van der Waals surface area contributed by atoms with Gasteiger partial charge in [-0.15, -0.1) is 0 Å². The molecule has 0 aliphatic rings. The number of anilines is 1. The molecule has 0 saturated heterocycles. The maximum Gasteiger partial charge on any atom is 0.337 e. The van der Waals surface area contributed by atoms with Gasteiger partial charge in [0.1, 0.15) is 5.82 Å². The van der Waals surface area contributed by atoms with Crippen LogP contribution in [0.3, 0.4) is 0 Å². The number of aryl methyl sites for hydroxylation is 1. The number of carboxylic acid groups (broad SMARTS) is 1. The lowest BCUT2D eigenvalue weighted by atomic mass is 10.2. The van der Waals surface area contributed by atoms with Crippen LogP contribution in [0.5, 0.6) is 0 Å². The summed E-state index contributed by atoms with van der Waals surface area (Å²) in [5.74, 6) is -1.95. The number of para-hydroxylation sites is 1. The number of hydrogen-bond donors (Lipinski definition) is 2. The van der Waals surface area contributed by atoms with Gasteiger partial charge in [-0.2, -0.15) is 0 Å². The second-order valence-electron chi connectivity index (χ2n) is 4.37. The second kappa shape index (κ2) is 5.53. The van der Waals surface area contributed by atoms with Crippen LogP contribution in [0.15, 0.2) is 47.4 Å². The number of halogens is 1. The average molecular weight is 309 g/mol. The van der Waals surface area contributed by atoms with Crippen LogP contribution in [0, 0.1) is 12.7 Å². The molecule has 0 amide bonds. The normalized spacial score (nSPS) is 11.1. The number of benzene rings is 2. The molecular formula is C14H12FNO4S. The van der Waals surface area contributed by atoms with E-state index in [4.69, 9.17) is 5.11 Å². The Bertz CT molecular complexity index is 802. The monoisotopic (exact) mass is 309 g/mol. The van der Waals surface area contributed by atoms with Gasteiger partial charge >= 0.3 is 5.97 Å². The fourth-order valence-electron chi connectivity index (χ4n) is 1.82. The Balaban J connectivity index is 2.48. The Labute approximate surface area is 121 Å². The minimum atomic E-state index is -4.08. The summed E-state index contributed by atoms with van der Waals surface area (Å²) in [5.41, 5.74) is 0.0977. The summed E-state index contributed by atoms with van der Waals surface area (Å²) in [5, 5.41) is 9.04. The van der Waals surface area contributed by atoms with E-state index in [1.54, 1.807) is 0 Å². The summed E-state index contributed by atoms with van der Waals surface area (Å²) in [7, 11) is -4.08. The molecule has 0 saturated carbocycles. The summed E-state index contributed by atoms with van der Waals surface area (Å²) >= 11 is 0. The molecule has 21 heavy (non-hydrogen) atoms. The van der Waals surface area contributed by atoms with E-state index in [9.17, 15) is 17.6 Å². The third-order valence-corrected chi connectivity index (χ3v) is 4.35. The van der Waals surface area contributed by atoms with Crippen molar-refractivity contribution < 1.29 is 22.7 Å². The Kier molecular flexibility index (Phi) is 3.95. The molecule has 0 bridgehead atoms. The van der Waals surface area contributed by atoms with Gasteiger partial charge in [0, 0.05) is 0 Å². The first kappa shape index (κ1) is 15.0. The molecule has 0 aliphatic heterocycles. The molecule has 2 rings (SSSR count). The Hall–Kier alpha value is -2.41. The summed E-state index contributed by atoms with van der Waals surface area (Å²) in [6, 6.07) is 8.97. The number of carboxylic acids is 1. The summed E-state index contributed by atoms with van der Waals surface area (Å²) < 4.78 is 40.0. The molecule has 0 spiro atoms. The molecule has 2 aromatic carbocycles. The molecule has 110 valence electrons. The van der Waals surface area contributed by atoms with Crippen LogP contribution in [0.25, 0.3) is 0 Å². The van der Waals surface area contributed by atoms with Crippen LogP contribution in [0.2, 0.25) is 0 Å². The first-order valence-corrected chi connectivity index (χ1v) is 7.41. The minimum absolute atomic E-state index is 0.0753. The van der Waals surface area contributed by atoms with Gasteiger partial charge in [0.25, 0.3) is 10.0 Å². The van der Waals surface area contributed by atoms with Crippen molar-refractivity contribution in [2.24, 2.45) is 0 Å². The highest BCUT2D eigenvalue weighted by molar-refractivity contribution is 7.92. The van der Waals surface area contributed by atoms with E-state index in [1.807, 2.05) is 0 Å². The van der Waals surface area contributed by atoms with Gasteiger partial charge in [-0.05, 0) is 36.8 Å². The quantitative estimate of drug-likeness (QED) is 0.909. The molecule has 0 atom stereocenters. The lowest BCUT2D eigenvalue weighted by molar-refractivity contribution is 0.0698. The van der Waals surface area contributed by atoms with Crippen LogP contribution < -0.4 is 4.72 Å². The SMILES string of the molecule is Cc1ccc(F)cc1S(=O)(=O)Nc1ccccc1C(=O)O. The van der Waals surface area contributed by atoms with E-state index in [1.165, 1.54) is 37.3 Å². The smallest absolute Gasteiger partial charge is 0.337 e. The third kappa shape index (κ3) is 3.19. The first-order chi connectivity index (χ1) is 9.81. The van der Waals surface area contributed by atoms with E-state index in [2.05, 4.69) is 4.72 Å². The zero-order valence-corrected chi connectivity index (χ0v) is 11.8. The van der Waals surface area contributed by atoms with Gasteiger partial charge in [0.15, 0.2) is 0 Å². The fourth-order valence-corrected chi connectivity index (χ4v) is 3.16. The van der Waals surface area contributed by atoms with Crippen LogP contribution in [-0.2, 0) is 10.0 Å². The molecule has 7 heteroatoms. The Morgan fingerprint density at radius 2 is 1.86 bits per heavy atom. The number of sulfonamides is 1. The Morgan fingerprint density at radius 1 is 1.19 bits per heavy atom. The van der Waals surface area contributed by atoms with Crippen molar-refractivity contribution >= 4 is 21.7 Å². The lowest BCUT2D eigenvalue weighted by Crippen LogP contribution is -2.16. The maximum absolute atomic E-state index is 13.2. The van der Waals surface area contributed by atoms with Crippen molar-refractivity contribution in [2.75, 3.05) is 4.72 Å². The van der Waals surface area contributed by atoms with Gasteiger partial charge in [0.2, 0.25) is 0 Å². The topological polar surface area (TPSA) is 83.5 Å². The molecule has 0 aromatic heterocycles. The number of hydrogen-bond acceptors (Lipinski definition) is 3. The van der Waals surface area contributed by atoms with Gasteiger partial charge in [-0.1, -0.05) is 18.2 Å². The molecule has 0 fully saturated rings. The van der Waals surface area contributed by atoms with Crippen molar-refractivity contribution in [3.8, 4) is 0 Å². The lowest BCUT2D eigenvalue weighted by Gasteiger charge is -2.12. The molecule has 5 nitrogen and oxygen atoms in total. The predicted molar refractivity (Wildman–Crippen MR) is 75.3 cm³/mol. The fraction of sp³-hybridized carbons (Fsp3) is 0.0714. The van der Waals surface area contributed by atoms with E-state index < -0.39 is 21.8 Å². The first-order valence-electron chi connectivity index (χ1n) is 5.92. The highest BCUT2D eigenvalue weighted by Crippen LogP contribution is 2.22. The number of nitrogens with one attached hydrogen (secondary N) is 1. The number of carbonyl (C=O) groups is 1. The van der Waals surface area contributed by atoms with E-state index >= 15 is 0 Å². The second-order valence-corrected chi connectivity index (χ2v) is 6.02. The van der Waals surface area contributed by atoms with E-state index in [0.717, 1.165) is 12.1 Å². The third-order valence-electron chi connectivity index (χ3n) is 2.84. The predicted octanol–water partition coefficient (Wildman–Crippen LogP) is 2.63. The van der Waals surface area contributed by atoms with Crippen LogP contribution in [0.1, 0.15) is 15.9 Å². The molecular weight excluding hydrogens is 297 g/mol. The van der Waals surface area contributed by atoms with E-state index in [0.29, 0.717) is 5.56 Å². The molecule has 2 N–H and O–H groups in total. The van der Waals surface area contributed by atoms with Crippen molar-refractivity contribution in [2.45, 2.75) is 11.8 Å². The minimum Gasteiger partial charge on any atom is -0.478 e. The maximum atomic E-state index is 13.2. The largest absolute Gasteiger partial charge is 0.478 e. The van der Waals surface area contributed by atoms with Crippen LogP contribution in [0.4, 0.5) is 10.1 Å². The average Bonchev–Trinajstić information content (AvgIpc) is 2.41. The van der Waals surface area contributed by atoms with Gasteiger partial charge in [0.05, 0.1) is 16.1 Å². The highest BCUT2D eigenvalue weighted by atomic mass is 32.2. The van der Waals surface area contributed by atoms with Gasteiger partial charge < -0.3 is 5.11 Å². The molecule has 0 aliphatic carbocycles. The van der Waals surface area contributed by atoms with Gasteiger partial charge in [-0.25, -0.2) is 17.6 Å². The Morgan fingerprint density at radius 3 is 2.52 bits per heavy atom. The summed E-state index contributed by atoms with van der Waals surface area (Å²) in [4.78, 5) is 10.8. The molecule has 2 aromatic rings. The molecule has 0 radical (unpaired) electrons. The van der Waals surface area contributed by atoms with Crippen molar-refractivity contribution in [1.29, 1.82) is 0 Å². The summed E-state index contributed by atoms with van der Waals surface area (Å²) in [6.07, 6.45) is 0. The molecule has 0 heterocycles. The zero-order valence-electron chi connectivity index (χ0n) is 11.0. The summed E-state index contributed by atoms with van der Waals surface area (Å²) in [6.45, 7) is 1.52. The van der Waals surface area contributed by atoms with Crippen molar-refractivity contribution in [3.05, 3.63) is 59.4 Å². The standard InChI is InChI=1S/C14H12FNO4S/c1-9-6-7-10(15)8-13(9)21(19,20)16-12-5-3-2-4-11(12)14(17)18/h2-8,16H,1H3,(H,17,18). The van der Waals surface area contributed by atoms with Gasteiger partial charge in [-0.3, -0.25) is 4.72 Å². The molecule has 0 unspecified atom stereocenters. The van der Waals surface area contributed by atoms with Crippen LogP contribution >= 0.6 is 0 Å². The van der Waals surface area contributed by atoms with Crippen molar-refractivity contribution in [3.63, 3.8) is 0 Å². The zero-order chi connectivity index (χ0) is 15.6. The number of rotatable bonds is 4. The van der Waals surface area contributed by atoms with Crippen LogP contribution in [-0.4, -0.2) is 19.5 Å². The number of aromatic carboxylic acids is 1. The van der Waals surface area contributed by atoms with Crippen molar-refractivity contribution in [1.82, 2.24) is 0 Å². The van der Waals surface area contributed by atoms with E-state index in [-0.39, 0.29) is 16.1 Å².